The van der Waals surface area contributed by atoms with E-state index in [1.807, 2.05) is 0 Å². The normalized spacial score (nSPS) is 11.5. The summed E-state index contributed by atoms with van der Waals surface area (Å²) in [5.41, 5.74) is 0.211. The summed E-state index contributed by atoms with van der Waals surface area (Å²) < 4.78 is 43.7. The second-order valence-corrected chi connectivity index (χ2v) is 6.09. The zero-order valence-electron chi connectivity index (χ0n) is 9.24. The number of benzene rings is 1. The van der Waals surface area contributed by atoms with E-state index in [1.54, 1.807) is 0 Å². The van der Waals surface area contributed by atoms with E-state index in [-0.39, 0.29) is 11.4 Å². The van der Waals surface area contributed by atoms with Crippen LogP contribution >= 0.6 is 15.9 Å². The van der Waals surface area contributed by atoms with E-state index in [0.29, 0.717) is 17.5 Å². The summed E-state index contributed by atoms with van der Waals surface area (Å²) >= 11 is 2.99. The molecule has 1 N–H and O–H groups in total. The van der Waals surface area contributed by atoms with E-state index >= 15 is 0 Å². The van der Waals surface area contributed by atoms with Crippen LogP contribution in [0.4, 0.5) is 10.1 Å². The van der Waals surface area contributed by atoms with Gasteiger partial charge >= 0.3 is 0 Å². The lowest BCUT2D eigenvalue weighted by Crippen LogP contribution is -2.17. The fraction of sp³-hybridized carbons (Fsp3) is 0.400. The van der Waals surface area contributed by atoms with E-state index in [1.165, 1.54) is 19.2 Å². The van der Waals surface area contributed by atoms with Gasteiger partial charge in [0, 0.05) is 13.7 Å². The predicted octanol–water partition coefficient (Wildman–Crippen LogP) is 2.37. The van der Waals surface area contributed by atoms with Crippen molar-refractivity contribution in [3.8, 4) is 0 Å². The fourth-order valence-electron chi connectivity index (χ4n) is 1.18. The molecule has 0 amide bonds. The number of hydrogen-bond acceptors (Lipinski definition) is 3. The number of sulfonamides is 1. The lowest BCUT2D eigenvalue weighted by molar-refractivity contribution is 0.199. The molecule has 0 saturated heterocycles. The highest BCUT2D eigenvalue weighted by molar-refractivity contribution is 9.10. The van der Waals surface area contributed by atoms with Gasteiger partial charge in [-0.3, -0.25) is 4.72 Å². The molecule has 0 aliphatic heterocycles. The van der Waals surface area contributed by atoms with Gasteiger partial charge in [0.25, 0.3) is 0 Å². The van der Waals surface area contributed by atoms with Crippen molar-refractivity contribution in [3.05, 3.63) is 28.5 Å². The van der Waals surface area contributed by atoms with Crippen molar-refractivity contribution in [2.45, 2.75) is 6.42 Å². The van der Waals surface area contributed by atoms with Crippen LogP contribution in [0.5, 0.6) is 0 Å². The largest absolute Gasteiger partial charge is 0.385 e. The molecule has 0 atom stereocenters. The van der Waals surface area contributed by atoms with Gasteiger partial charge in [-0.2, -0.15) is 0 Å². The molecule has 0 unspecified atom stereocenters. The number of nitrogens with one attached hydrogen (secondary N) is 1. The summed E-state index contributed by atoms with van der Waals surface area (Å²) in [6.07, 6.45) is 0.394. The molecule has 0 bridgehead atoms. The van der Waals surface area contributed by atoms with Crippen molar-refractivity contribution in [1.29, 1.82) is 0 Å². The Kier molecular flexibility index (Phi) is 5.35. The van der Waals surface area contributed by atoms with Crippen LogP contribution in [-0.4, -0.2) is 27.9 Å². The first kappa shape index (κ1) is 14.4. The molecule has 0 radical (unpaired) electrons. The first-order valence-corrected chi connectivity index (χ1v) is 7.33. The Morgan fingerprint density at radius 2 is 2.18 bits per heavy atom. The zero-order chi connectivity index (χ0) is 12.9. The summed E-state index contributed by atoms with van der Waals surface area (Å²) in [4.78, 5) is 0. The van der Waals surface area contributed by atoms with Crippen LogP contribution < -0.4 is 4.72 Å². The molecule has 0 spiro atoms. The van der Waals surface area contributed by atoms with Crippen molar-refractivity contribution in [2.24, 2.45) is 0 Å². The summed E-state index contributed by atoms with van der Waals surface area (Å²) in [5.74, 6) is -0.569. The highest BCUT2D eigenvalue weighted by Gasteiger charge is 2.11. The molecular formula is C10H13BrFNO3S. The maximum atomic E-state index is 13.2. The summed E-state index contributed by atoms with van der Waals surface area (Å²) in [7, 11) is -1.94. The van der Waals surface area contributed by atoms with Crippen LogP contribution in [0, 0.1) is 5.82 Å². The van der Waals surface area contributed by atoms with Crippen molar-refractivity contribution < 1.29 is 17.5 Å². The van der Waals surface area contributed by atoms with Gasteiger partial charge in [-0.25, -0.2) is 12.8 Å². The van der Waals surface area contributed by atoms with Crippen LogP contribution in [-0.2, 0) is 14.8 Å². The molecule has 0 aliphatic rings. The lowest BCUT2D eigenvalue weighted by atomic mass is 10.3. The minimum absolute atomic E-state index is 0.0570. The third-order valence-corrected chi connectivity index (χ3v) is 3.97. The Labute approximate surface area is 108 Å². The first-order chi connectivity index (χ1) is 7.94. The number of hydrogen-bond donors (Lipinski definition) is 1. The van der Waals surface area contributed by atoms with Crippen LogP contribution in [0.25, 0.3) is 0 Å². The summed E-state index contributed by atoms with van der Waals surface area (Å²) in [6.45, 7) is 0.371. The van der Waals surface area contributed by atoms with E-state index in [0.717, 1.165) is 6.07 Å². The minimum Gasteiger partial charge on any atom is -0.385 e. The molecule has 1 aromatic rings. The molecule has 1 aromatic carbocycles. The van der Waals surface area contributed by atoms with E-state index in [2.05, 4.69) is 20.7 Å². The summed E-state index contributed by atoms with van der Waals surface area (Å²) in [5, 5.41) is 0. The quantitative estimate of drug-likeness (QED) is 0.817. The van der Waals surface area contributed by atoms with Gasteiger partial charge in [0.1, 0.15) is 5.82 Å². The maximum absolute atomic E-state index is 13.2. The molecule has 96 valence electrons. The average molecular weight is 326 g/mol. The van der Waals surface area contributed by atoms with Crippen LogP contribution in [0.3, 0.4) is 0 Å². The van der Waals surface area contributed by atoms with Crippen molar-refractivity contribution in [2.75, 3.05) is 24.2 Å². The number of methoxy groups -OCH3 is 1. The second kappa shape index (κ2) is 6.32. The Balaban J connectivity index is 2.66. The number of rotatable bonds is 6. The van der Waals surface area contributed by atoms with Crippen LogP contribution in [0.2, 0.25) is 0 Å². The predicted molar refractivity (Wildman–Crippen MR) is 68.0 cm³/mol. The Morgan fingerprint density at radius 1 is 1.47 bits per heavy atom. The number of anilines is 1. The van der Waals surface area contributed by atoms with E-state index in [4.69, 9.17) is 4.74 Å². The second-order valence-electron chi connectivity index (χ2n) is 3.40. The SMILES string of the molecule is COCCCS(=O)(=O)Nc1ccc(Br)c(F)c1. The van der Waals surface area contributed by atoms with Crippen LogP contribution in [0.1, 0.15) is 6.42 Å². The highest BCUT2D eigenvalue weighted by atomic mass is 79.9. The average Bonchev–Trinajstić information content (AvgIpc) is 2.23. The Morgan fingerprint density at radius 3 is 2.76 bits per heavy atom. The smallest absolute Gasteiger partial charge is 0.232 e. The summed E-state index contributed by atoms with van der Waals surface area (Å²) in [6, 6.07) is 4.06. The molecule has 0 aliphatic carbocycles. The molecule has 1 rings (SSSR count). The first-order valence-electron chi connectivity index (χ1n) is 4.89. The molecule has 17 heavy (non-hydrogen) atoms. The number of halogens is 2. The molecule has 0 aromatic heterocycles. The van der Waals surface area contributed by atoms with Gasteiger partial charge < -0.3 is 4.74 Å². The van der Waals surface area contributed by atoms with Gasteiger partial charge in [0.2, 0.25) is 10.0 Å². The Hall–Kier alpha value is -0.660. The van der Waals surface area contributed by atoms with Crippen molar-refractivity contribution in [3.63, 3.8) is 0 Å². The zero-order valence-corrected chi connectivity index (χ0v) is 11.6. The van der Waals surface area contributed by atoms with E-state index in [9.17, 15) is 12.8 Å². The molecule has 7 heteroatoms. The van der Waals surface area contributed by atoms with E-state index < -0.39 is 15.8 Å². The topological polar surface area (TPSA) is 55.4 Å². The fourth-order valence-corrected chi connectivity index (χ4v) is 2.52. The van der Waals surface area contributed by atoms with Gasteiger partial charge in [-0.1, -0.05) is 0 Å². The Bertz CT molecular complexity index is 478. The highest BCUT2D eigenvalue weighted by Crippen LogP contribution is 2.20. The van der Waals surface area contributed by atoms with Crippen LogP contribution in [0.15, 0.2) is 22.7 Å². The molecule has 0 fully saturated rings. The monoisotopic (exact) mass is 325 g/mol. The van der Waals surface area contributed by atoms with Crippen molar-refractivity contribution in [1.82, 2.24) is 0 Å². The molecule has 0 heterocycles. The van der Waals surface area contributed by atoms with Gasteiger partial charge in [0.05, 0.1) is 15.9 Å². The molecule has 0 saturated carbocycles. The third-order valence-electron chi connectivity index (χ3n) is 1.95. The van der Waals surface area contributed by atoms with Gasteiger partial charge in [-0.05, 0) is 40.5 Å². The maximum Gasteiger partial charge on any atom is 0.232 e. The molecule has 4 nitrogen and oxygen atoms in total. The number of ether oxygens (including phenoxy) is 1. The molecular weight excluding hydrogens is 313 g/mol. The van der Waals surface area contributed by atoms with Gasteiger partial charge in [0.15, 0.2) is 0 Å². The van der Waals surface area contributed by atoms with Gasteiger partial charge in [-0.15, -0.1) is 0 Å². The minimum atomic E-state index is -3.45. The third kappa shape index (κ3) is 5.01. The standard InChI is InChI=1S/C10H13BrFNO3S/c1-16-5-2-6-17(14,15)13-8-3-4-9(11)10(12)7-8/h3-4,7,13H,2,5-6H2,1H3. The van der Waals surface area contributed by atoms with Crippen molar-refractivity contribution >= 4 is 31.6 Å². The lowest BCUT2D eigenvalue weighted by Gasteiger charge is -2.08.